The summed E-state index contributed by atoms with van der Waals surface area (Å²) in [4.78, 5) is 0. The van der Waals surface area contributed by atoms with Crippen LogP contribution in [0, 0.1) is 17.1 Å². The molecular weight excluding hydrogens is 299 g/mol. The number of fused-ring (bicyclic) bond motifs is 1. The second-order valence-corrected chi connectivity index (χ2v) is 5.96. The van der Waals surface area contributed by atoms with Gasteiger partial charge >= 0.3 is 0 Å². The molecule has 0 aromatic heterocycles. The van der Waals surface area contributed by atoms with Crippen LogP contribution in [0.2, 0.25) is 0 Å². The lowest BCUT2D eigenvalue weighted by molar-refractivity contribution is 0.0947. The van der Waals surface area contributed by atoms with E-state index in [9.17, 15) is 4.39 Å². The minimum absolute atomic E-state index is 0.322. The molecule has 1 N–H and O–H groups in total. The summed E-state index contributed by atoms with van der Waals surface area (Å²) in [5, 5.41) is 12.3. The first-order chi connectivity index (χ1) is 10.4. The van der Waals surface area contributed by atoms with Crippen LogP contribution in [0.1, 0.15) is 25.0 Å². The molecule has 5 heteroatoms. The molecule has 22 heavy (non-hydrogen) atoms. The highest BCUT2D eigenvalue weighted by Crippen LogP contribution is 2.38. The van der Waals surface area contributed by atoms with Crippen molar-refractivity contribution in [2.45, 2.75) is 19.4 Å². The smallest absolute Gasteiger partial charge is 0.262 e. The Morgan fingerprint density at radius 1 is 1.23 bits per heavy atom. The summed E-state index contributed by atoms with van der Waals surface area (Å²) in [6.45, 7) is 3.82. The maximum absolute atomic E-state index is 14.1. The van der Waals surface area contributed by atoms with Gasteiger partial charge in [0.15, 0.2) is 0 Å². The summed E-state index contributed by atoms with van der Waals surface area (Å²) in [5.74, 6) is -0.364. The molecular formula is C17H13FN2OS. The number of halogens is 1. The van der Waals surface area contributed by atoms with E-state index in [0.717, 1.165) is 11.3 Å². The van der Waals surface area contributed by atoms with Gasteiger partial charge in [0.1, 0.15) is 11.4 Å². The molecule has 3 rings (SSSR count). The zero-order valence-corrected chi connectivity index (χ0v) is 12.9. The van der Waals surface area contributed by atoms with Gasteiger partial charge in [-0.25, -0.2) is 4.39 Å². The van der Waals surface area contributed by atoms with Crippen molar-refractivity contribution in [1.82, 2.24) is 0 Å². The van der Waals surface area contributed by atoms with E-state index in [1.165, 1.54) is 12.1 Å². The molecule has 0 spiro atoms. The number of rotatable bonds is 1. The largest absolute Gasteiger partial charge is 0.460 e. The highest BCUT2D eigenvalue weighted by Gasteiger charge is 2.32. The molecule has 2 aromatic carbocycles. The molecule has 0 aliphatic carbocycles. The molecule has 0 atom stereocenters. The van der Waals surface area contributed by atoms with Gasteiger partial charge in [-0.3, -0.25) is 0 Å². The highest BCUT2D eigenvalue weighted by atomic mass is 32.1. The van der Waals surface area contributed by atoms with E-state index in [4.69, 9.17) is 22.2 Å². The van der Waals surface area contributed by atoms with Gasteiger partial charge in [-0.05, 0) is 62.0 Å². The lowest BCUT2D eigenvalue weighted by Crippen LogP contribution is -2.34. The SMILES string of the molecule is CC1(C)OC(=S)Nc2ccc(-c3cc(C#N)ccc3F)cc21. The molecule has 0 fully saturated rings. The van der Waals surface area contributed by atoms with E-state index >= 15 is 0 Å². The van der Waals surface area contributed by atoms with Gasteiger partial charge in [0, 0.05) is 16.8 Å². The standard InChI is InChI=1S/C17H13FN2OS/c1-17(2)13-8-11(4-6-15(13)20-16(22)21-17)12-7-10(9-19)3-5-14(12)18/h3-8H,1-2H3,(H,20,22). The Balaban J connectivity index is 2.16. The Bertz CT molecular complexity index is 824. The summed E-state index contributed by atoms with van der Waals surface area (Å²) in [6.07, 6.45) is 0. The number of benzene rings is 2. The molecule has 1 aliphatic heterocycles. The van der Waals surface area contributed by atoms with Gasteiger partial charge in [-0.2, -0.15) is 5.26 Å². The third-order valence-electron chi connectivity index (χ3n) is 3.66. The van der Waals surface area contributed by atoms with Gasteiger partial charge in [0.2, 0.25) is 0 Å². The molecule has 2 aromatic rings. The monoisotopic (exact) mass is 312 g/mol. The lowest BCUT2D eigenvalue weighted by atomic mass is 9.91. The second-order valence-electron chi connectivity index (χ2n) is 5.59. The van der Waals surface area contributed by atoms with Crippen molar-refractivity contribution in [2.75, 3.05) is 5.32 Å². The number of nitrogens with zero attached hydrogens (tertiary/aromatic N) is 1. The molecule has 1 aliphatic rings. The van der Waals surface area contributed by atoms with Crippen LogP contribution in [-0.2, 0) is 10.3 Å². The van der Waals surface area contributed by atoms with Crippen LogP contribution in [0.3, 0.4) is 0 Å². The van der Waals surface area contributed by atoms with Crippen molar-refractivity contribution >= 4 is 23.1 Å². The predicted octanol–water partition coefficient (Wildman–Crippen LogP) is 4.33. The molecule has 0 saturated heterocycles. The molecule has 3 nitrogen and oxygen atoms in total. The van der Waals surface area contributed by atoms with Crippen molar-refractivity contribution in [1.29, 1.82) is 5.26 Å². The average Bonchev–Trinajstić information content (AvgIpc) is 2.47. The Morgan fingerprint density at radius 3 is 2.73 bits per heavy atom. The Labute approximate surface area is 133 Å². The maximum atomic E-state index is 14.1. The van der Waals surface area contributed by atoms with Gasteiger partial charge < -0.3 is 10.1 Å². The van der Waals surface area contributed by atoms with Crippen LogP contribution >= 0.6 is 12.2 Å². The van der Waals surface area contributed by atoms with E-state index in [-0.39, 0.29) is 5.82 Å². The molecule has 0 unspecified atom stereocenters. The quantitative estimate of drug-likeness (QED) is 0.796. The third kappa shape index (κ3) is 2.42. The summed E-state index contributed by atoms with van der Waals surface area (Å²) in [6, 6.07) is 11.9. The first kappa shape index (κ1) is 14.5. The van der Waals surface area contributed by atoms with Crippen LogP contribution in [0.4, 0.5) is 10.1 Å². The van der Waals surface area contributed by atoms with Crippen molar-refractivity contribution in [3.05, 3.63) is 53.3 Å². The highest BCUT2D eigenvalue weighted by molar-refractivity contribution is 7.80. The Morgan fingerprint density at radius 2 is 2.00 bits per heavy atom. The lowest BCUT2D eigenvalue weighted by Gasteiger charge is -2.34. The van der Waals surface area contributed by atoms with Crippen molar-refractivity contribution in [3.8, 4) is 17.2 Å². The predicted molar refractivity (Wildman–Crippen MR) is 86.9 cm³/mol. The molecule has 0 radical (unpaired) electrons. The van der Waals surface area contributed by atoms with E-state index in [2.05, 4.69) is 5.32 Å². The molecule has 0 bridgehead atoms. The van der Waals surface area contributed by atoms with E-state index in [0.29, 0.717) is 21.9 Å². The number of nitrogens with one attached hydrogen (secondary N) is 1. The van der Waals surface area contributed by atoms with Gasteiger partial charge in [0.05, 0.1) is 11.6 Å². The van der Waals surface area contributed by atoms with E-state index < -0.39 is 5.60 Å². The Hall–Kier alpha value is -2.45. The van der Waals surface area contributed by atoms with Crippen molar-refractivity contribution in [3.63, 3.8) is 0 Å². The number of hydrogen-bond acceptors (Lipinski definition) is 3. The fraction of sp³-hybridized carbons (Fsp3) is 0.176. The topological polar surface area (TPSA) is 45.0 Å². The molecule has 0 saturated carbocycles. The number of thiocarbonyl (C=S) groups is 1. The summed E-state index contributed by atoms with van der Waals surface area (Å²) in [5.41, 5.74) is 2.65. The number of hydrogen-bond donors (Lipinski definition) is 1. The first-order valence-corrected chi connectivity index (χ1v) is 7.16. The minimum atomic E-state index is -0.600. The van der Waals surface area contributed by atoms with Gasteiger partial charge in [0.25, 0.3) is 5.17 Å². The van der Waals surface area contributed by atoms with Crippen molar-refractivity contribution in [2.24, 2.45) is 0 Å². The zero-order valence-electron chi connectivity index (χ0n) is 12.1. The van der Waals surface area contributed by atoms with Crippen LogP contribution in [-0.4, -0.2) is 5.17 Å². The van der Waals surface area contributed by atoms with Crippen LogP contribution in [0.15, 0.2) is 36.4 Å². The summed E-state index contributed by atoms with van der Waals surface area (Å²) in [7, 11) is 0. The number of nitriles is 1. The van der Waals surface area contributed by atoms with Crippen LogP contribution < -0.4 is 5.32 Å². The summed E-state index contributed by atoms with van der Waals surface area (Å²) >= 11 is 5.08. The van der Waals surface area contributed by atoms with Gasteiger partial charge in [-0.1, -0.05) is 6.07 Å². The molecule has 0 amide bonds. The minimum Gasteiger partial charge on any atom is -0.460 e. The van der Waals surface area contributed by atoms with E-state index in [1.54, 1.807) is 12.1 Å². The fourth-order valence-electron chi connectivity index (χ4n) is 2.56. The summed E-state index contributed by atoms with van der Waals surface area (Å²) < 4.78 is 19.7. The van der Waals surface area contributed by atoms with Crippen LogP contribution in [0.5, 0.6) is 0 Å². The van der Waals surface area contributed by atoms with Crippen molar-refractivity contribution < 1.29 is 9.13 Å². The average molecular weight is 312 g/mol. The maximum Gasteiger partial charge on any atom is 0.262 e. The normalized spacial score (nSPS) is 15.3. The first-order valence-electron chi connectivity index (χ1n) is 6.75. The molecule has 110 valence electrons. The third-order valence-corrected chi connectivity index (χ3v) is 3.84. The molecule has 1 heterocycles. The fourth-order valence-corrected chi connectivity index (χ4v) is 2.88. The Kier molecular flexibility index (Phi) is 3.34. The van der Waals surface area contributed by atoms with Crippen LogP contribution in [0.25, 0.3) is 11.1 Å². The van der Waals surface area contributed by atoms with Gasteiger partial charge in [-0.15, -0.1) is 0 Å². The second kappa shape index (κ2) is 5.08. The van der Waals surface area contributed by atoms with E-state index in [1.807, 2.05) is 32.0 Å². The number of anilines is 1. The number of ether oxygens (including phenoxy) is 1. The zero-order chi connectivity index (χ0) is 15.9.